The molecule has 0 bridgehead atoms. The van der Waals surface area contributed by atoms with Gasteiger partial charge in [-0.3, -0.25) is 4.79 Å². The van der Waals surface area contributed by atoms with Gasteiger partial charge in [-0.1, -0.05) is 0 Å². The summed E-state index contributed by atoms with van der Waals surface area (Å²) in [4.78, 5) is 13.3. The average molecular weight is 287 g/mol. The molecule has 0 spiro atoms. The van der Waals surface area contributed by atoms with Gasteiger partial charge < -0.3 is 10.6 Å². The lowest BCUT2D eigenvalue weighted by atomic mass is 10.2. The second-order valence-corrected chi connectivity index (χ2v) is 6.20. The fourth-order valence-corrected chi connectivity index (χ4v) is 2.72. The number of hydrogen-bond acceptors (Lipinski definition) is 4. The molecule has 0 aliphatic heterocycles. The molecule has 2 N–H and O–H groups in total. The lowest BCUT2D eigenvalue weighted by molar-refractivity contribution is -0.132. The van der Waals surface area contributed by atoms with Crippen molar-refractivity contribution in [1.29, 1.82) is 0 Å². The van der Waals surface area contributed by atoms with E-state index in [1.54, 1.807) is 11.8 Å². The third kappa shape index (κ3) is 8.40. The number of nitrogens with two attached hydrogens (primary N) is 1. The van der Waals surface area contributed by atoms with Crippen LogP contribution in [0.2, 0.25) is 0 Å². The molecule has 17 heavy (non-hydrogen) atoms. The third-order valence-electron chi connectivity index (χ3n) is 2.33. The van der Waals surface area contributed by atoms with Gasteiger partial charge in [0.15, 0.2) is 0 Å². The number of rotatable bonds is 7. The van der Waals surface area contributed by atoms with Crippen molar-refractivity contribution in [3.63, 3.8) is 0 Å². The molecule has 0 radical (unpaired) electrons. The molecule has 5 nitrogen and oxygen atoms in total. The highest BCUT2D eigenvalue weighted by Gasteiger charge is 2.21. The van der Waals surface area contributed by atoms with Crippen LogP contribution in [-0.2, 0) is 14.6 Å². The molecule has 0 aromatic carbocycles. The Morgan fingerprint density at radius 3 is 2.29 bits per heavy atom. The van der Waals surface area contributed by atoms with E-state index in [9.17, 15) is 13.2 Å². The Bertz CT molecular complexity index is 320. The third-order valence-corrected chi connectivity index (χ3v) is 3.42. The number of sulfone groups is 1. The fourth-order valence-electron chi connectivity index (χ4n) is 1.66. The second kappa shape index (κ2) is 8.72. The van der Waals surface area contributed by atoms with Crippen molar-refractivity contribution in [2.45, 2.75) is 32.7 Å². The summed E-state index contributed by atoms with van der Waals surface area (Å²) in [6.07, 6.45) is 2.21. The van der Waals surface area contributed by atoms with Crippen molar-refractivity contribution in [1.82, 2.24) is 4.90 Å². The van der Waals surface area contributed by atoms with E-state index in [1.807, 2.05) is 6.92 Å². The largest absolute Gasteiger partial charge is 0.339 e. The predicted molar refractivity (Wildman–Crippen MR) is 72.1 cm³/mol. The minimum Gasteiger partial charge on any atom is -0.339 e. The summed E-state index contributed by atoms with van der Waals surface area (Å²) >= 11 is 0. The van der Waals surface area contributed by atoms with Gasteiger partial charge in [-0.2, -0.15) is 0 Å². The number of hydrogen-bond donors (Lipinski definition) is 1. The van der Waals surface area contributed by atoms with Gasteiger partial charge >= 0.3 is 0 Å². The Hall–Kier alpha value is -0.330. The van der Waals surface area contributed by atoms with Crippen LogP contribution in [0.5, 0.6) is 0 Å². The molecule has 1 atom stereocenters. The maximum Gasteiger partial charge on any atom is 0.222 e. The quantitative estimate of drug-likeness (QED) is 0.736. The maximum absolute atomic E-state index is 11.7. The number of amides is 1. The van der Waals surface area contributed by atoms with Crippen molar-refractivity contribution in [3.8, 4) is 0 Å². The van der Waals surface area contributed by atoms with Crippen LogP contribution in [0.25, 0.3) is 0 Å². The lowest BCUT2D eigenvalue weighted by Crippen LogP contribution is -2.42. The van der Waals surface area contributed by atoms with E-state index in [1.165, 1.54) is 6.26 Å². The highest BCUT2D eigenvalue weighted by atomic mass is 35.5. The molecular weight excluding hydrogens is 264 g/mol. The maximum atomic E-state index is 11.7. The van der Waals surface area contributed by atoms with Gasteiger partial charge in [0.2, 0.25) is 5.91 Å². The predicted octanol–water partition coefficient (Wildman–Crippen LogP) is 0.429. The number of nitrogens with zero attached hydrogens (tertiary/aromatic N) is 1. The van der Waals surface area contributed by atoms with E-state index in [2.05, 4.69) is 0 Å². The van der Waals surface area contributed by atoms with Crippen LogP contribution < -0.4 is 5.73 Å². The van der Waals surface area contributed by atoms with Crippen molar-refractivity contribution >= 4 is 28.2 Å². The first kappa shape index (κ1) is 19.0. The molecule has 1 amide bonds. The van der Waals surface area contributed by atoms with Gasteiger partial charge in [-0.25, -0.2) is 8.42 Å². The Morgan fingerprint density at radius 1 is 1.41 bits per heavy atom. The van der Waals surface area contributed by atoms with E-state index in [0.29, 0.717) is 25.9 Å². The van der Waals surface area contributed by atoms with Crippen LogP contribution in [0, 0.1) is 0 Å². The number of carbonyl (C=O) groups is 1. The number of carbonyl (C=O) groups excluding carboxylic acids is 1. The zero-order chi connectivity index (χ0) is 12.8. The molecule has 0 rings (SSSR count). The Balaban J connectivity index is 0. The van der Waals surface area contributed by atoms with Crippen LogP contribution in [-0.4, -0.2) is 50.4 Å². The van der Waals surface area contributed by atoms with Crippen LogP contribution in [0.3, 0.4) is 0 Å². The van der Waals surface area contributed by atoms with Gasteiger partial charge in [-0.05, 0) is 26.8 Å². The molecule has 0 aromatic heterocycles. The van der Waals surface area contributed by atoms with Crippen LogP contribution in [0.15, 0.2) is 0 Å². The highest BCUT2D eigenvalue weighted by Crippen LogP contribution is 2.06. The molecule has 0 aliphatic carbocycles. The first-order valence-corrected chi connectivity index (χ1v) is 7.55. The zero-order valence-corrected chi connectivity index (χ0v) is 12.3. The van der Waals surface area contributed by atoms with E-state index >= 15 is 0 Å². The monoisotopic (exact) mass is 286 g/mol. The van der Waals surface area contributed by atoms with Gasteiger partial charge in [0.25, 0.3) is 0 Å². The van der Waals surface area contributed by atoms with Crippen LogP contribution in [0.1, 0.15) is 26.7 Å². The van der Waals surface area contributed by atoms with Crippen molar-refractivity contribution in [2.24, 2.45) is 5.73 Å². The SMILES string of the molecule is CCN(C(=O)CCCN)C(C)CS(C)(=O)=O.Cl. The summed E-state index contributed by atoms with van der Waals surface area (Å²) in [7, 11) is -3.05. The molecule has 0 aliphatic rings. The summed E-state index contributed by atoms with van der Waals surface area (Å²) in [5, 5.41) is 0. The summed E-state index contributed by atoms with van der Waals surface area (Å²) in [5.41, 5.74) is 5.33. The molecule has 1 unspecified atom stereocenters. The van der Waals surface area contributed by atoms with E-state index in [4.69, 9.17) is 5.73 Å². The standard InChI is InChI=1S/C10H22N2O3S.ClH/c1-4-12(10(13)6-5-7-11)9(2)8-16(3,14)15;/h9H,4-8,11H2,1-3H3;1H. The normalized spacial score (nSPS) is 12.7. The fraction of sp³-hybridized carbons (Fsp3) is 0.900. The van der Waals surface area contributed by atoms with Crippen LogP contribution >= 0.6 is 12.4 Å². The molecule has 0 fully saturated rings. The number of halogens is 1. The highest BCUT2D eigenvalue weighted by molar-refractivity contribution is 7.90. The Labute approximate surface area is 110 Å². The summed E-state index contributed by atoms with van der Waals surface area (Å²) < 4.78 is 22.3. The van der Waals surface area contributed by atoms with Gasteiger partial charge in [0.1, 0.15) is 9.84 Å². The molecular formula is C10H23ClN2O3S. The van der Waals surface area contributed by atoms with Gasteiger partial charge in [-0.15, -0.1) is 12.4 Å². The summed E-state index contributed by atoms with van der Waals surface area (Å²) in [5.74, 6) is -0.0148. The molecule has 104 valence electrons. The van der Waals surface area contributed by atoms with Crippen molar-refractivity contribution < 1.29 is 13.2 Å². The molecule has 0 heterocycles. The second-order valence-electron chi connectivity index (χ2n) is 4.01. The van der Waals surface area contributed by atoms with Crippen molar-refractivity contribution in [3.05, 3.63) is 0 Å². The molecule has 0 aromatic rings. The molecule has 0 saturated heterocycles. The van der Waals surface area contributed by atoms with E-state index in [-0.39, 0.29) is 30.1 Å². The topological polar surface area (TPSA) is 80.5 Å². The van der Waals surface area contributed by atoms with E-state index < -0.39 is 9.84 Å². The van der Waals surface area contributed by atoms with E-state index in [0.717, 1.165) is 0 Å². The first-order valence-electron chi connectivity index (χ1n) is 5.49. The first-order chi connectivity index (χ1) is 7.31. The average Bonchev–Trinajstić information content (AvgIpc) is 2.12. The zero-order valence-electron chi connectivity index (χ0n) is 10.7. The smallest absolute Gasteiger partial charge is 0.222 e. The summed E-state index contributed by atoms with van der Waals surface area (Å²) in [6.45, 7) is 4.61. The minimum absolute atomic E-state index is 0. The molecule has 0 saturated carbocycles. The Kier molecular flexibility index (Phi) is 9.75. The van der Waals surface area contributed by atoms with Gasteiger partial charge in [0, 0.05) is 25.3 Å². The van der Waals surface area contributed by atoms with Gasteiger partial charge in [0.05, 0.1) is 5.75 Å². The van der Waals surface area contributed by atoms with Crippen LogP contribution in [0.4, 0.5) is 0 Å². The lowest BCUT2D eigenvalue weighted by Gasteiger charge is -2.27. The molecule has 7 heteroatoms. The summed E-state index contributed by atoms with van der Waals surface area (Å²) in [6, 6.07) is -0.273. The van der Waals surface area contributed by atoms with Crippen molar-refractivity contribution in [2.75, 3.05) is 25.1 Å². The Morgan fingerprint density at radius 2 is 1.94 bits per heavy atom. The minimum atomic E-state index is -3.05.